The molecule has 2 aromatic heterocycles. The largest absolute Gasteiger partial charge is 0.481 e. The lowest BCUT2D eigenvalue weighted by Crippen LogP contribution is -2.15. The summed E-state index contributed by atoms with van der Waals surface area (Å²) in [5.74, 6) is -1.82. The van der Waals surface area contributed by atoms with Gasteiger partial charge in [0.25, 0.3) is 0 Å². The molecule has 0 bridgehead atoms. The molecule has 0 fully saturated rings. The van der Waals surface area contributed by atoms with Crippen molar-refractivity contribution in [2.75, 3.05) is 0 Å². The Labute approximate surface area is 151 Å². The highest BCUT2D eigenvalue weighted by molar-refractivity contribution is 7.17. The van der Waals surface area contributed by atoms with E-state index in [9.17, 15) is 19.2 Å². The minimum atomic E-state index is -0.962. The summed E-state index contributed by atoms with van der Waals surface area (Å²) in [4.78, 5) is 48.6. The van der Waals surface area contributed by atoms with Gasteiger partial charge in [0.2, 0.25) is 5.78 Å². The zero-order valence-electron chi connectivity index (χ0n) is 13.2. The van der Waals surface area contributed by atoms with Crippen molar-refractivity contribution < 1.29 is 29.0 Å². The molecule has 0 saturated carbocycles. The summed E-state index contributed by atoms with van der Waals surface area (Å²) in [6, 6.07) is 3.25. The molecule has 0 saturated heterocycles. The number of carboxylic acid groups (broad SMARTS) is 1. The van der Waals surface area contributed by atoms with Crippen LogP contribution in [0.2, 0.25) is 0 Å². The molecule has 0 amide bonds. The first kappa shape index (κ1) is 17.5. The van der Waals surface area contributed by atoms with Gasteiger partial charge in [0.05, 0.1) is 9.75 Å². The summed E-state index contributed by atoms with van der Waals surface area (Å²) >= 11 is 2.40. The molecule has 1 aliphatic carbocycles. The maximum absolute atomic E-state index is 12.5. The normalized spacial score (nSPS) is 14.0. The SMILES string of the molecule is CC(OC(=O)CCCC(=O)O)c1cc2c(s1)C(=O)c1sccc1C2=O. The number of thiophene rings is 2. The molecule has 1 N–H and O–H groups in total. The number of hydrogen-bond donors (Lipinski definition) is 1. The smallest absolute Gasteiger partial charge is 0.306 e. The summed E-state index contributed by atoms with van der Waals surface area (Å²) < 4.78 is 5.28. The summed E-state index contributed by atoms with van der Waals surface area (Å²) in [5, 5.41) is 10.3. The van der Waals surface area contributed by atoms with E-state index in [2.05, 4.69) is 0 Å². The molecule has 3 rings (SSSR count). The van der Waals surface area contributed by atoms with E-state index in [0.717, 1.165) is 11.3 Å². The van der Waals surface area contributed by atoms with Crippen molar-refractivity contribution in [2.24, 2.45) is 0 Å². The topological polar surface area (TPSA) is 97.7 Å². The van der Waals surface area contributed by atoms with E-state index < -0.39 is 18.0 Å². The zero-order chi connectivity index (χ0) is 18.1. The Hall–Kier alpha value is -2.32. The highest BCUT2D eigenvalue weighted by Crippen LogP contribution is 2.38. The third kappa shape index (κ3) is 3.40. The minimum Gasteiger partial charge on any atom is -0.481 e. The first-order valence-electron chi connectivity index (χ1n) is 7.60. The van der Waals surface area contributed by atoms with E-state index in [1.54, 1.807) is 24.4 Å². The van der Waals surface area contributed by atoms with E-state index in [-0.39, 0.29) is 30.8 Å². The number of carboxylic acids is 1. The number of rotatable bonds is 6. The average molecular weight is 378 g/mol. The summed E-state index contributed by atoms with van der Waals surface area (Å²) in [7, 11) is 0. The van der Waals surface area contributed by atoms with Crippen LogP contribution in [0.15, 0.2) is 17.5 Å². The van der Waals surface area contributed by atoms with E-state index >= 15 is 0 Å². The fraction of sp³-hybridized carbons (Fsp3) is 0.294. The maximum Gasteiger partial charge on any atom is 0.306 e. The maximum atomic E-state index is 12.5. The van der Waals surface area contributed by atoms with Gasteiger partial charge in [-0.15, -0.1) is 22.7 Å². The van der Waals surface area contributed by atoms with Crippen LogP contribution in [0.5, 0.6) is 0 Å². The molecule has 130 valence electrons. The molecular formula is C17H14O6S2. The van der Waals surface area contributed by atoms with Crippen LogP contribution in [-0.2, 0) is 14.3 Å². The number of carbonyl (C=O) groups excluding carboxylic acids is 3. The Morgan fingerprint density at radius 1 is 1.16 bits per heavy atom. The van der Waals surface area contributed by atoms with Crippen molar-refractivity contribution in [3.8, 4) is 0 Å². The van der Waals surface area contributed by atoms with E-state index in [1.165, 1.54) is 11.3 Å². The van der Waals surface area contributed by atoms with Crippen LogP contribution in [0.1, 0.15) is 67.6 Å². The van der Waals surface area contributed by atoms with Crippen molar-refractivity contribution >= 4 is 46.2 Å². The second-order valence-electron chi connectivity index (χ2n) is 5.59. The Kier molecular flexibility index (Phi) is 4.82. The van der Waals surface area contributed by atoms with E-state index in [4.69, 9.17) is 9.84 Å². The molecule has 1 atom stereocenters. The fourth-order valence-electron chi connectivity index (χ4n) is 2.56. The van der Waals surface area contributed by atoms with Crippen LogP contribution in [-0.4, -0.2) is 28.6 Å². The van der Waals surface area contributed by atoms with E-state index in [1.807, 2.05) is 0 Å². The predicted molar refractivity (Wildman–Crippen MR) is 91.5 cm³/mol. The second-order valence-corrected chi connectivity index (χ2v) is 7.59. The number of ketones is 2. The number of ether oxygens (including phenoxy) is 1. The quantitative estimate of drug-likeness (QED) is 0.660. The molecule has 25 heavy (non-hydrogen) atoms. The molecule has 0 spiro atoms. The van der Waals surface area contributed by atoms with Crippen molar-refractivity contribution in [3.05, 3.63) is 43.3 Å². The highest BCUT2D eigenvalue weighted by Gasteiger charge is 2.34. The van der Waals surface area contributed by atoms with Gasteiger partial charge in [0.1, 0.15) is 6.10 Å². The first-order valence-corrected chi connectivity index (χ1v) is 9.30. The van der Waals surface area contributed by atoms with Gasteiger partial charge in [-0.25, -0.2) is 0 Å². The number of hydrogen-bond acceptors (Lipinski definition) is 7. The van der Waals surface area contributed by atoms with Gasteiger partial charge in [-0.2, -0.15) is 0 Å². The Bertz CT molecular complexity index is 828. The zero-order valence-corrected chi connectivity index (χ0v) is 14.9. The van der Waals surface area contributed by atoms with Crippen LogP contribution in [0.3, 0.4) is 0 Å². The molecule has 0 aliphatic heterocycles. The van der Waals surface area contributed by atoms with Crippen LogP contribution in [0.25, 0.3) is 0 Å². The summed E-state index contributed by atoms with van der Waals surface area (Å²) in [6.07, 6.45) is -0.482. The van der Waals surface area contributed by atoms with Crippen molar-refractivity contribution in [3.63, 3.8) is 0 Å². The van der Waals surface area contributed by atoms with Gasteiger partial charge in [0, 0.05) is 28.8 Å². The summed E-state index contributed by atoms with van der Waals surface area (Å²) in [5.41, 5.74) is 0.773. The standard InChI is InChI=1S/C17H14O6S2/c1-8(23-13(20)4-2-3-12(18)19)11-7-10-14(21)9-5-6-24-16(9)15(22)17(10)25-11/h5-8H,2-4H2,1H3,(H,18,19). The molecule has 0 aromatic carbocycles. The third-order valence-electron chi connectivity index (χ3n) is 3.80. The molecule has 2 aromatic rings. The predicted octanol–water partition coefficient (Wildman–Crippen LogP) is 3.44. The molecular weight excluding hydrogens is 364 g/mol. The minimum absolute atomic E-state index is 0.0108. The van der Waals surface area contributed by atoms with Crippen LogP contribution < -0.4 is 0 Å². The number of carbonyl (C=O) groups is 4. The monoisotopic (exact) mass is 378 g/mol. The van der Waals surface area contributed by atoms with Crippen molar-refractivity contribution in [2.45, 2.75) is 32.3 Å². The molecule has 2 heterocycles. The summed E-state index contributed by atoms with van der Waals surface area (Å²) in [6.45, 7) is 1.66. The van der Waals surface area contributed by atoms with Crippen molar-refractivity contribution in [1.29, 1.82) is 0 Å². The first-order chi connectivity index (χ1) is 11.9. The fourth-order valence-corrected chi connectivity index (χ4v) is 4.54. The molecule has 8 heteroatoms. The molecule has 0 radical (unpaired) electrons. The molecule has 6 nitrogen and oxygen atoms in total. The van der Waals surface area contributed by atoms with Gasteiger partial charge in [-0.05, 0) is 30.9 Å². The highest BCUT2D eigenvalue weighted by atomic mass is 32.1. The van der Waals surface area contributed by atoms with Gasteiger partial charge in [-0.1, -0.05) is 0 Å². The lowest BCUT2D eigenvalue weighted by Gasteiger charge is -2.11. The number of aliphatic carboxylic acids is 1. The van der Waals surface area contributed by atoms with Gasteiger partial charge >= 0.3 is 11.9 Å². The lowest BCUT2D eigenvalue weighted by molar-refractivity contribution is -0.148. The molecule has 1 aliphatic rings. The average Bonchev–Trinajstić information content (AvgIpc) is 3.19. The van der Waals surface area contributed by atoms with Crippen LogP contribution in [0, 0.1) is 0 Å². The second kappa shape index (κ2) is 6.89. The Morgan fingerprint density at radius 2 is 1.92 bits per heavy atom. The Balaban J connectivity index is 1.72. The van der Waals surface area contributed by atoms with Gasteiger partial charge < -0.3 is 9.84 Å². The molecule has 1 unspecified atom stereocenters. The van der Waals surface area contributed by atoms with Crippen LogP contribution >= 0.6 is 22.7 Å². The van der Waals surface area contributed by atoms with E-state index in [0.29, 0.717) is 25.8 Å². The number of fused-ring (bicyclic) bond motifs is 2. The third-order valence-corrected chi connectivity index (χ3v) is 6.01. The van der Waals surface area contributed by atoms with Crippen molar-refractivity contribution in [1.82, 2.24) is 0 Å². The number of esters is 1. The van der Waals surface area contributed by atoms with Gasteiger partial charge in [0.15, 0.2) is 5.78 Å². The Morgan fingerprint density at radius 3 is 2.64 bits per heavy atom. The van der Waals surface area contributed by atoms with Gasteiger partial charge in [-0.3, -0.25) is 19.2 Å². The van der Waals surface area contributed by atoms with Crippen LogP contribution in [0.4, 0.5) is 0 Å². The lowest BCUT2D eigenvalue weighted by atomic mass is 9.95.